The second-order valence-electron chi connectivity index (χ2n) is 7.73. The largest absolute Gasteiger partial charge is 0.508 e. The molecule has 2 aliphatic heterocycles. The molecule has 0 atom stereocenters. The van der Waals surface area contributed by atoms with Crippen molar-refractivity contribution in [2.45, 2.75) is 39.2 Å². The highest BCUT2D eigenvalue weighted by atomic mass is 16.5. The first kappa shape index (κ1) is 17.6. The van der Waals surface area contributed by atoms with Crippen LogP contribution >= 0.6 is 0 Å². The highest BCUT2D eigenvalue weighted by molar-refractivity contribution is 5.91. The van der Waals surface area contributed by atoms with Crippen molar-refractivity contribution in [3.63, 3.8) is 0 Å². The van der Waals surface area contributed by atoms with Gasteiger partial charge in [0, 0.05) is 28.3 Å². The van der Waals surface area contributed by atoms with Gasteiger partial charge in [0.15, 0.2) is 0 Å². The van der Waals surface area contributed by atoms with Crippen molar-refractivity contribution in [2.75, 3.05) is 13.7 Å². The standard InChI is InChI=1S/C22H24O5/c1-12-19(25-4)17-9-13(15-6-5-14(23)10-18(15)24)11-26-21(17)16-7-8-22(2,3)27-20(12)16/h5-6,9-10,23-24H,7-8,11H2,1-4H3. The van der Waals surface area contributed by atoms with Crippen molar-refractivity contribution in [3.8, 4) is 28.7 Å². The van der Waals surface area contributed by atoms with Crippen LogP contribution in [0, 0.1) is 6.92 Å². The minimum Gasteiger partial charge on any atom is -0.508 e. The Morgan fingerprint density at radius 1 is 1.15 bits per heavy atom. The summed E-state index contributed by atoms with van der Waals surface area (Å²) in [6.07, 6.45) is 3.79. The Bertz CT molecular complexity index is 956. The van der Waals surface area contributed by atoms with Crippen molar-refractivity contribution < 1.29 is 24.4 Å². The summed E-state index contributed by atoms with van der Waals surface area (Å²) in [4.78, 5) is 0. The van der Waals surface area contributed by atoms with Gasteiger partial charge >= 0.3 is 0 Å². The van der Waals surface area contributed by atoms with Gasteiger partial charge < -0.3 is 24.4 Å². The molecule has 2 aromatic carbocycles. The molecule has 0 saturated carbocycles. The molecule has 142 valence electrons. The maximum absolute atomic E-state index is 10.2. The first-order chi connectivity index (χ1) is 12.8. The average Bonchev–Trinajstić information content (AvgIpc) is 2.61. The Labute approximate surface area is 158 Å². The molecule has 2 aliphatic rings. The summed E-state index contributed by atoms with van der Waals surface area (Å²) in [6.45, 7) is 6.51. The Balaban J connectivity index is 1.89. The topological polar surface area (TPSA) is 68.2 Å². The molecule has 5 nitrogen and oxygen atoms in total. The van der Waals surface area contributed by atoms with Crippen LogP contribution in [0.15, 0.2) is 18.2 Å². The number of phenols is 2. The number of fused-ring (bicyclic) bond motifs is 3. The van der Waals surface area contributed by atoms with Crippen molar-refractivity contribution in [2.24, 2.45) is 0 Å². The molecule has 2 N–H and O–H groups in total. The van der Waals surface area contributed by atoms with Gasteiger partial charge in [-0.2, -0.15) is 0 Å². The van der Waals surface area contributed by atoms with Gasteiger partial charge in [-0.3, -0.25) is 0 Å². The number of hydrogen-bond donors (Lipinski definition) is 2. The molecule has 0 radical (unpaired) electrons. The van der Waals surface area contributed by atoms with Crippen LogP contribution in [0.2, 0.25) is 0 Å². The van der Waals surface area contributed by atoms with Crippen LogP contribution in [0.1, 0.15) is 42.5 Å². The van der Waals surface area contributed by atoms with E-state index in [2.05, 4.69) is 13.8 Å². The van der Waals surface area contributed by atoms with Crippen LogP contribution in [0.4, 0.5) is 0 Å². The van der Waals surface area contributed by atoms with E-state index in [1.54, 1.807) is 19.2 Å². The summed E-state index contributed by atoms with van der Waals surface area (Å²) >= 11 is 0. The zero-order valence-corrected chi connectivity index (χ0v) is 16.0. The highest BCUT2D eigenvalue weighted by Gasteiger charge is 2.34. The van der Waals surface area contributed by atoms with E-state index in [1.165, 1.54) is 6.07 Å². The minimum absolute atomic E-state index is 0.0204. The number of phenolic OH excluding ortho intramolecular Hbond substituents is 2. The molecule has 2 heterocycles. The number of aromatic hydroxyl groups is 2. The smallest absolute Gasteiger partial charge is 0.137 e. The van der Waals surface area contributed by atoms with Crippen molar-refractivity contribution >= 4 is 11.6 Å². The van der Waals surface area contributed by atoms with E-state index in [-0.39, 0.29) is 17.1 Å². The third kappa shape index (κ3) is 2.87. The Morgan fingerprint density at radius 2 is 1.93 bits per heavy atom. The first-order valence-electron chi connectivity index (χ1n) is 9.09. The SMILES string of the molecule is COc1c(C)c2c(c3c1C=C(c1ccc(O)cc1O)CO3)CCC(C)(C)O2. The second kappa shape index (κ2) is 6.12. The van der Waals surface area contributed by atoms with Gasteiger partial charge in [0.05, 0.1) is 12.7 Å². The molecule has 5 heteroatoms. The van der Waals surface area contributed by atoms with E-state index in [0.717, 1.165) is 52.4 Å². The summed E-state index contributed by atoms with van der Waals surface area (Å²) in [6, 6.07) is 4.57. The molecule has 0 spiro atoms. The summed E-state index contributed by atoms with van der Waals surface area (Å²) in [5, 5.41) is 19.8. The summed E-state index contributed by atoms with van der Waals surface area (Å²) in [7, 11) is 1.64. The Hall–Kier alpha value is -2.82. The lowest BCUT2D eigenvalue weighted by molar-refractivity contribution is 0.0819. The van der Waals surface area contributed by atoms with Crippen molar-refractivity contribution in [3.05, 3.63) is 40.5 Å². The maximum Gasteiger partial charge on any atom is 0.137 e. The van der Waals surface area contributed by atoms with Gasteiger partial charge in [0.1, 0.15) is 41.0 Å². The lowest BCUT2D eigenvalue weighted by Crippen LogP contribution is -2.33. The van der Waals surface area contributed by atoms with Crippen LogP contribution in [0.5, 0.6) is 28.7 Å². The van der Waals surface area contributed by atoms with E-state index in [4.69, 9.17) is 14.2 Å². The van der Waals surface area contributed by atoms with Gasteiger partial charge in [-0.1, -0.05) is 0 Å². The van der Waals surface area contributed by atoms with Crippen LogP contribution in [0.3, 0.4) is 0 Å². The number of hydrogen-bond acceptors (Lipinski definition) is 5. The van der Waals surface area contributed by atoms with Gasteiger partial charge in [0.2, 0.25) is 0 Å². The van der Waals surface area contributed by atoms with E-state index in [0.29, 0.717) is 12.2 Å². The fraction of sp³-hybridized carbons (Fsp3) is 0.364. The highest BCUT2D eigenvalue weighted by Crippen LogP contribution is 2.50. The second-order valence-corrected chi connectivity index (χ2v) is 7.73. The molecule has 0 amide bonds. The van der Waals surface area contributed by atoms with Gasteiger partial charge in [0.25, 0.3) is 0 Å². The molecular weight excluding hydrogens is 344 g/mol. The summed E-state index contributed by atoms with van der Waals surface area (Å²) < 4.78 is 18.1. The van der Waals surface area contributed by atoms with E-state index in [9.17, 15) is 10.2 Å². The number of methoxy groups -OCH3 is 1. The van der Waals surface area contributed by atoms with Crippen molar-refractivity contribution in [1.29, 1.82) is 0 Å². The monoisotopic (exact) mass is 368 g/mol. The molecule has 4 rings (SSSR count). The van der Waals surface area contributed by atoms with Gasteiger partial charge in [-0.25, -0.2) is 0 Å². The van der Waals surface area contributed by atoms with E-state index in [1.807, 2.05) is 13.0 Å². The predicted molar refractivity (Wildman–Crippen MR) is 104 cm³/mol. The summed E-state index contributed by atoms with van der Waals surface area (Å²) in [5.41, 5.74) is 4.14. The fourth-order valence-electron chi connectivity index (χ4n) is 3.89. The molecule has 27 heavy (non-hydrogen) atoms. The van der Waals surface area contributed by atoms with E-state index < -0.39 is 0 Å². The van der Waals surface area contributed by atoms with Gasteiger partial charge in [-0.05, 0) is 51.8 Å². The molecule has 0 saturated heterocycles. The third-order valence-corrected chi connectivity index (χ3v) is 5.30. The van der Waals surface area contributed by atoms with Crippen LogP contribution < -0.4 is 14.2 Å². The third-order valence-electron chi connectivity index (χ3n) is 5.30. The quantitative estimate of drug-likeness (QED) is 0.820. The lowest BCUT2D eigenvalue weighted by Gasteiger charge is -2.36. The molecule has 0 aliphatic carbocycles. The molecule has 0 fully saturated rings. The Morgan fingerprint density at radius 3 is 2.63 bits per heavy atom. The van der Waals surface area contributed by atoms with Crippen LogP contribution in [0.25, 0.3) is 11.6 Å². The minimum atomic E-state index is -0.218. The zero-order valence-electron chi connectivity index (χ0n) is 16.0. The number of rotatable bonds is 2. The number of ether oxygens (including phenoxy) is 3. The predicted octanol–water partition coefficient (Wildman–Crippen LogP) is 4.45. The maximum atomic E-state index is 10.2. The van der Waals surface area contributed by atoms with Crippen LogP contribution in [-0.4, -0.2) is 29.5 Å². The average molecular weight is 368 g/mol. The lowest BCUT2D eigenvalue weighted by atomic mass is 9.88. The number of benzene rings is 2. The van der Waals surface area contributed by atoms with E-state index >= 15 is 0 Å². The van der Waals surface area contributed by atoms with Crippen LogP contribution in [-0.2, 0) is 6.42 Å². The Kier molecular flexibility index (Phi) is 3.98. The molecular formula is C22H24O5. The zero-order chi connectivity index (χ0) is 19.3. The molecule has 2 aromatic rings. The summed E-state index contributed by atoms with van der Waals surface area (Å²) in [5.74, 6) is 2.41. The first-order valence-corrected chi connectivity index (χ1v) is 9.09. The molecule has 0 unspecified atom stereocenters. The molecule has 0 aromatic heterocycles. The normalized spacial score (nSPS) is 17.1. The fourth-order valence-corrected chi connectivity index (χ4v) is 3.89. The molecule has 0 bridgehead atoms. The van der Waals surface area contributed by atoms with Gasteiger partial charge in [-0.15, -0.1) is 0 Å². The van der Waals surface area contributed by atoms with Crippen molar-refractivity contribution in [1.82, 2.24) is 0 Å².